The summed E-state index contributed by atoms with van der Waals surface area (Å²) in [5.41, 5.74) is 12.9. The van der Waals surface area contributed by atoms with Gasteiger partial charge >= 0.3 is 0 Å². The molecule has 1 aromatic carbocycles. The van der Waals surface area contributed by atoms with Crippen LogP contribution >= 0.6 is 24.8 Å². The number of methoxy groups -OCH3 is 1. The topological polar surface area (TPSA) is 81.5 Å². The minimum absolute atomic E-state index is 0. The number of hydrogen-bond acceptors (Lipinski definition) is 4. The second-order valence-corrected chi connectivity index (χ2v) is 5.37. The highest BCUT2D eigenvalue weighted by Gasteiger charge is 2.31. The van der Waals surface area contributed by atoms with E-state index in [0.717, 1.165) is 37.0 Å². The first kappa shape index (κ1) is 19.3. The van der Waals surface area contributed by atoms with E-state index in [0.29, 0.717) is 6.42 Å². The predicted molar refractivity (Wildman–Crippen MR) is 86.2 cm³/mol. The lowest BCUT2D eigenvalue weighted by molar-refractivity contribution is 0.269. The maximum absolute atomic E-state index is 9.89. The van der Waals surface area contributed by atoms with Gasteiger partial charge < -0.3 is 21.3 Å². The van der Waals surface area contributed by atoms with Crippen LogP contribution in [0.5, 0.6) is 11.5 Å². The average molecular weight is 323 g/mol. The standard InChI is InChI=1S/C14H22N2O2.2ClH/c1-18-12-2-3-13(17)10(8-12)9-14(16)6-4-11(15)5-7-14;;/h2-3,8,11,17H,4-7,9,15-16H2,1H3;2*1H. The van der Waals surface area contributed by atoms with Gasteiger partial charge in [0.05, 0.1) is 7.11 Å². The zero-order valence-corrected chi connectivity index (χ0v) is 13.3. The molecule has 0 bridgehead atoms. The summed E-state index contributed by atoms with van der Waals surface area (Å²) in [5, 5.41) is 9.89. The molecule has 5 N–H and O–H groups in total. The van der Waals surface area contributed by atoms with Crippen molar-refractivity contribution in [2.24, 2.45) is 11.5 Å². The summed E-state index contributed by atoms with van der Waals surface area (Å²) in [6, 6.07) is 5.55. The number of ether oxygens (including phenoxy) is 1. The van der Waals surface area contributed by atoms with Gasteiger partial charge in [-0.1, -0.05) is 0 Å². The summed E-state index contributed by atoms with van der Waals surface area (Å²) >= 11 is 0. The third-order valence-corrected chi connectivity index (χ3v) is 3.86. The normalized spacial score (nSPS) is 25.2. The molecule has 1 saturated carbocycles. The molecule has 4 nitrogen and oxygen atoms in total. The van der Waals surface area contributed by atoms with Crippen LogP contribution in [0, 0.1) is 0 Å². The fourth-order valence-electron chi connectivity index (χ4n) is 2.60. The highest BCUT2D eigenvalue weighted by molar-refractivity contribution is 5.85. The van der Waals surface area contributed by atoms with Crippen molar-refractivity contribution in [1.82, 2.24) is 0 Å². The van der Waals surface area contributed by atoms with E-state index >= 15 is 0 Å². The van der Waals surface area contributed by atoms with Gasteiger partial charge in [0.1, 0.15) is 11.5 Å². The maximum atomic E-state index is 9.89. The Hall–Kier alpha value is -0.680. The van der Waals surface area contributed by atoms with E-state index in [2.05, 4.69) is 0 Å². The van der Waals surface area contributed by atoms with Gasteiger partial charge in [0.25, 0.3) is 0 Å². The van der Waals surface area contributed by atoms with Crippen LogP contribution in [0.15, 0.2) is 18.2 Å². The Bertz CT molecular complexity index is 422. The van der Waals surface area contributed by atoms with Crippen LogP contribution in [0.2, 0.25) is 0 Å². The largest absolute Gasteiger partial charge is 0.508 e. The van der Waals surface area contributed by atoms with E-state index in [1.807, 2.05) is 6.07 Å². The number of hydrogen-bond donors (Lipinski definition) is 3. The van der Waals surface area contributed by atoms with Crippen molar-refractivity contribution in [3.63, 3.8) is 0 Å². The molecule has 2 rings (SSSR count). The number of phenolic OH excluding ortho intramolecular Hbond substituents is 1. The van der Waals surface area contributed by atoms with Gasteiger partial charge in [-0.25, -0.2) is 0 Å². The summed E-state index contributed by atoms with van der Waals surface area (Å²) in [4.78, 5) is 0. The lowest BCUT2D eigenvalue weighted by Crippen LogP contribution is -2.47. The maximum Gasteiger partial charge on any atom is 0.119 e. The van der Waals surface area contributed by atoms with Gasteiger partial charge in [-0.2, -0.15) is 0 Å². The van der Waals surface area contributed by atoms with E-state index in [-0.39, 0.29) is 42.1 Å². The third-order valence-electron chi connectivity index (χ3n) is 3.86. The van der Waals surface area contributed by atoms with Gasteiger partial charge in [0.2, 0.25) is 0 Å². The Morgan fingerprint density at radius 3 is 2.45 bits per heavy atom. The number of phenols is 1. The summed E-state index contributed by atoms with van der Waals surface area (Å²) in [7, 11) is 1.62. The molecule has 0 spiro atoms. The average Bonchev–Trinajstić information content (AvgIpc) is 2.36. The van der Waals surface area contributed by atoms with Gasteiger partial charge in [-0.15, -0.1) is 24.8 Å². The fraction of sp³-hybridized carbons (Fsp3) is 0.571. The molecule has 1 aromatic rings. The molecular formula is C14H24Cl2N2O2. The van der Waals surface area contributed by atoms with Crippen LogP contribution in [-0.4, -0.2) is 23.8 Å². The van der Waals surface area contributed by atoms with E-state index < -0.39 is 0 Å². The number of nitrogens with two attached hydrogens (primary N) is 2. The molecule has 0 aliphatic heterocycles. The number of rotatable bonds is 3. The third kappa shape index (κ3) is 4.70. The number of halogens is 2. The molecule has 0 unspecified atom stereocenters. The van der Waals surface area contributed by atoms with Gasteiger partial charge in [0, 0.05) is 11.6 Å². The summed E-state index contributed by atoms with van der Waals surface area (Å²) in [5.74, 6) is 1.04. The number of benzene rings is 1. The quantitative estimate of drug-likeness (QED) is 0.798. The molecule has 0 amide bonds. The molecule has 6 heteroatoms. The lowest BCUT2D eigenvalue weighted by Gasteiger charge is -2.36. The molecule has 1 aliphatic rings. The van der Waals surface area contributed by atoms with Crippen LogP contribution in [0.3, 0.4) is 0 Å². The Morgan fingerprint density at radius 2 is 1.90 bits per heavy atom. The summed E-state index contributed by atoms with van der Waals surface area (Å²) in [6.07, 6.45) is 4.40. The molecule has 0 radical (unpaired) electrons. The van der Waals surface area contributed by atoms with Crippen LogP contribution in [0.4, 0.5) is 0 Å². The molecular weight excluding hydrogens is 299 g/mol. The molecule has 0 saturated heterocycles. The van der Waals surface area contributed by atoms with Crippen LogP contribution in [0.25, 0.3) is 0 Å². The smallest absolute Gasteiger partial charge is 0.119 e. The molecule has 20 heavy (non-hydrogen) atoms. The molecule has 0 heterocycles. The number of aromatic hydroxyl groups is 1. The summed E-state index contributed by atoms with van der Waals surface area (Å²) in [6.45, 7) is 0. The van der Waals surface area contributed by atoms with Gasteiger partial charge in [-0.05, 0) is 55.9 Å². The van der Waals surface area contributed by atoms with Crippen LogP contribution < -0.4 is 16.2 Å². The Labute approximate surface area is 132 Å². The summed E-state index contributed by atoms with van der Waals surface area (Å²) < 4.78 is 5.18. The molecule has 0 aromatic heterocycles. The Morgan fingerprint density at radius 1 is 1.30 bits per heavy atom. The highest BCUT2D eigenvalue weighted by atomic mass is 35.5. The van der Waals surface area contributed by atoms with Crippen molar-refractivity contribution in [3.05, 3.63) is 23.8 Å². The van der Waals surface area contributed by atoms with E-state index in [4.69, 9.17) is 16.2 Å². The Kier molecular flexibility index (Phi) is 7.66. The van der Waals surface area contributed by atoms with Gasteiger partial charge in [0.15, 0.2) is 0 Å². The minimum Gasteiger partial charge on any atom is -0.508 e. The van der Waals surface area contributed by atoms with Crippen molar-refractivity contribution in [2.75, 3.05) is 7.11 Å². The zero-order chi connectivity index (χ0) is 13.2. The SMILES string of the molecule is COc1ccc(O)c(CC2(N)CCC(N)CC2)c1.Cl.Cl. The molecule has 1 fully saturated rings. The predicted octanol–water partition coefficient (Wildman–Crippen LogP) is 2.39. The van der Waals surface area contributed by atoms with Crippen molar-refractivity contribution in [1.29, 1.82) is 0 Å². The molecule has 0 atom stereocenters. The highest BCUT2D eigenvalue weighted by Crippen LogP contribution is 2.32. The first-order valence-corrected chi connectivity index (χ1v) is 6.43. The fourth-order valence-corrected chi connectivity index (χ4v) is 2.60. The Balaban J connectivity index is 0.00000180. The van der Waals surface area contributed by atoms with Gasteiger partial charge in [-0.3, -0.25) is 0 Å². The molecule has 116 valence electrons. The van der Waals surface area contributed by atoms with Crippen molar-refractivity contribution >= 4 is 24.8 Å². The second-order valence-electron chi connectivity index (χ2n) is 5.37. The minimum atomic E-state index is -0.250. The first-order valence-electron chi connectivity index (χ1n) is 6.43. The van der Waals surface area contributed by atoms with Crippen molar-refractivity contribution in [3.8, 4) is 11.5 Å². The zero-order valence-electron chi connectivity index (χ0n) is 11.7. The van der Waals surface area contributed by atoms with Crippen molar-refractivity contribution in [2.45, 2.75) is 43.7 Å². The molecule has 1 aliphatic carbocycles. The second kappa shape index (κ2) is 7.93. The van der Waals surface area contributed by atoms with Crippen LogP contribution in [0.1, 0.15) is 31.2 Å². The monoisotopic (exact) mass is 322 g/mol. The van der Waals surface area contributed by atoms with E-state index in [9.17, 15) is 5.11 Å². The van der Waals surface area contributed by atoms with E-state index in [1.54, 1.807) is 19.2 Å². The van der Waals surface area contributed by atoms with Crippen LogP contribution in [-0.2, 0) is 6.42 Å². The van der Waals surface area contributed by atoms with E-state index in [1.165, 1.54) is 0 Å². The first-order chi connectivity index (χ1) is 8.52. The lowest BCUT2D eigenvalue weighted by atomic mass is 9.76. The van der Waals surface area contributed by atoms with Crippen molar-refractivity contribution < 1.29 is 9.84 Å².